The van der Waals surface area contributed by atoms with Crippen molar-refractivity contribution >= 4 is 33.2 Å². The van der Waals surface area contributed by atoms with E-state index in [1.807, 2.05) is 12.1 Å². The molecule has 0 saturated carbocycles. The summed E-state index contributed by atoms with van der Waals surface area (Å²) in [6.45, 7) is 4.40. The van der Waals surface area contributed by atoms with Gasteiger partial charge in [0.15, 0.2) is 0 Å². The number of thiazole rings is 1. The van der Waals surface area contributed by atoms with Crippen LogP contribution in [-0.4, -0.2) is 34.0 Å². The fourth-order valence-electron chi connectivity index (χ4n) is 3.10. The van der Waals surface area contributed by atoms with Gasteiger partial charge in [0.1, 0.15) is 5.01 Å². The first kappa shape index (κ1) is 16.6. The molecule has 1 aromatic heterocycles. The number of benzene rings is 1. The Kier molecular flexibility index (Phi) is 5.14. The van der Waals surface area contributed by atoms with Gasteiger partial charge in [0.2, 0.25) is 0 Å². The van der Waals surface area contributed by atoms with Gasteiger partial charge in [0.25, 0.3) is 0 Å². The van der Waals surface area contributed by atoms with E-state index in [1.165, 1.54) is 0 Å². The largest absolute Gasteiger partial charge is 0.481 e. The van der Waals surface area contributed by atoms with Crippen molar-refractivity contribution in [2.24, 2.45) is 11.8 Å². The van der Waals surface area contributed by atoms with Gasteiger partial charge in [-0.2, -0.15) is 0 Å². The molecule has 0 aliphatic carbocycles. The zero-order valence-electron chi connectivity index (χ0n) is 12.9. The predicted molar refractivity (Wildman–Crippen MR) is 95.4 cm³/mol. The van der Waals surface area contributed by atoms with Crippen molar-refractivity contribution in [1.82, 2.24) is 9.88 Å². The van der Waals surface area contributed by atoms with Crippen LogP contribution in [0.15, 0.2) is 34.1 Å². The SMILES string of the molecule is CC1CC(C(=O)O)CN(Cc2csc(-c3ccc(Br)cc3)n2)C1. The van der Waals surface area contributed by atoms with Gasteiger partial charge in [-0.05, 0) is 24.5 Å². The zero-order chi connectivity index (χ0) is 16.4. The molecule has 3 rings (SSSR count). The van der Waals surface area contributed by atoms with Crippen LogP contribution in [0.3, 0.4) is 0 Å². The molecular weight excluding hydrogens is 376 g/mol. The van der Waals surface area contributed by atoms with Crippen LogP contribution in [0.2, 0.25) is 0 Å². The highest BCUT2D eigenvalue weighted by molar-refractivity contribution is 9.10. The summed E-state index contributed by atoms with van der Waals surface area (Å²) < 4.78 is 1.06. The second kappa shape index (κ2) is 7.11. The van der Waals surface area contributed by atoms with Crippen molar-refractivity contribution in [1.29, 1.82) is 0 Å². The number of aliphatic carboxylic acids is 1. The standard InChI is InChI=1S/C17H19BrN2O2S/c1-11-6-13(17(21)22)8-20(7-11)9-15-10-23-16(19-15)12-2-4-14(18)5-3-12/h2-5,10-11,13H,6-9H2,1H3,(H,21,22). The van der Waals surface area contributed by atoms with E-state index in [4.69, 9.17) is 4.98 Å². The van der Waals surface area contributed by atoms with E-state index >= 15 is 0 Å². The molecule has 1 fully saturated rings. The monoisotopic (exact) mass is 394 g/mol. The van der Waals surface area contributed by atoms with Gasteiger partial charge in [-0.1, -0.05) is 35.0 Å². The Hall–Kier alpha value is -1.24. The molecule has 2 atom stereocenters. The van der Waals surface area contributed by atoms with Crippen molar-refractivity contribution in [2.45, 2.75) is 19.9 Å². The number of hydrogen-bond acceptors (Lipinski definition) is 4. The van der Waals surface area contributed by atoms with E-state index in [0.29, 0.717) is 12.5 Å². The highest BCUT2D eigenvalue weighted by Gasteiger charge is 2.29. The first-order valence-corrected chi connectivity index (χ1v) is 9.34. The molecule has 0 amide bonds. The van der Waals surface area contributed by atoms with Gasteiger partial charge < -0.3 is 5.11 Å². The minimum absolute atomic E-state index is 0.261. The number of carboxylic acids is 1. The second-order valence-electron chi connectivity index (χ2n) is 6.22. The van der Waals surface area contributed by atoms with Gasteiger partial charge in [0.05, 0.1) is 11.6 Å². The molecule has 23 heavy (non-hydrogen) atoms. The minimum atomic E-state index is -0.685. The quantitative estimate of drug-likeness (QED) is 0.847. The molecule has 1 aliphatic heterocycles. The molecule has 1 N–H and O–H groups in total. The summed E-state index contributed by atoms with van der Waals surface area (Å²) in [7, 11) is 0. The molecule has 0 radical (unpaired) electrons. The van der Waals surface area contributed by atoms with Crippen LogP contribution in [0, 0.1) is 11.8 Å². The van der Waals surface area contributed by atoms with E-state index < -0.39 is 5.97 Å². The first-order valence-electron chi connectivity index (χ1n) is 7.67. The Morgan fingerprint density at radius 3 is 2.83 bits per heavy atom. The van der Waals surface area contributed by atoms with Crippen LogP contribution < -0.4 is 0 Å². The Labute approximate surface area is 148 Å². The van der Waals surface area contributed by atoms with Crippen molar-refractivity contribution in [3.05, 3.63) is 39.8 Å². The van der Waals surface area contributed by atoms with Gasteiger partial charge >= 0.3 is 5.97 Å². The van der Waals surface area contributed by atoms with E-state index in [9.17, 15) is 9.90 Å². The first-order chi connectivity index (χ1) is 11.0. The van der Waals surface area contributed by atoms with Gasteiger partial charge in [0, 0.05) is 35.1 Å². The molecule has 1 saturated heterocycles. The number of carboxylic acid groups (broad SMARTS) is 1. The molecule has 6 heteroatoms. The number of rotatable bonds is 4. The summed E-state index contributed by atoms with van der Waals surface area (Å²) in [6.07, 6.45) is 0.771. The number of carbonyl (C=O) groups is 1. The highest BCUT2D eigenvalue weighted by atomic mass is 79.9. The van der Waals surface area contributed by atoms with Crippen LogP contribution in [0.25, 0.3) is 10.6 Å². The summed E-state index contributed by atoms with van der Waals surface area (Å²) >= 11 is 5.08. The molecule has 1 aromatic carbocycles. The number of hydrogen-bond donors (Lipinski definition) is 1. The number of halogens is 1. The summed E-state index contributed by atoms with van der Waals surface area (Å²) in [6, 6.07) is 8.13. The zero-order valence-corrected chi connectivity index (χ0v) is 15.3. The van der Waals surface area contributed by atoms with E-state index in [0.717, 1.165) is 40.2 Å². The van der Waals surface area contributed by atoms with Crippen LogP contribution >= 0.6 is 27.3 Å². The van der Waals surface area contributed by atoms with Crippen LogP contribution in [0.1, 0.15) is 19.0 Å². The van der Waals surface area contributed by atoms with Gasteiger partial charge in [-0.15, -0.1) is 11.3 Å². The molecule has 2 unspecified atom stereocenters. The fourth-order valence-corrected chi connectivity index (χ4v) is 4.18. The van der Waals surface area contributed by atoms with Gasteiger partial charge in [-0.25, -0.2) is 4.98 Å². The maximum atomic E-state index is 11.3. The third-order valence-electron chi connectivity index (χ3n) is 4.11. The van der Waals surface area contributed by atoms with Crippen LogP contribution in [0.4, 0.5) is 0 Å². The second-order valence-corrected chi connectivity index (χ2v) is 7.99. The average molecular weight is 395 g/mol. The maximum Gasteiger partial charge on any atom is 0.307 e. The summed E-state index contributed by atoms with van der Waals surface area (Å²) in [5.74, 6) is -0.534. The average Bonchev–Trinajstić information content (AvgIpc) is 2.95. The van der Waals surface area contributed by atoms with Gasteiger partial charge in [-0.3, -0.25) is 9.69 Å². The Morgan fingerprint density at radius 1 is 1.39 bits per heavy atom. The minimum Gasteiger partial charge on any atom is -0.481 e. The Balaban J connectivity index is 1.69. The van der Waals surface area contributed by atoms with Crippen molar-refractivity contribution in [2.75, 3.05) is 13.1 Å². The molecule has 122 valence electrons. The number of aromatic nitrogens is 1. The molecule has 0 bridgehead atoms. The highest BCUT2D eigenvalue weighted by Crippen LogP contribution is 2.27. The molecule has 0 spiro atoms. The Bertz CT molecular complexity index is 686. The third-order valence-corrected chi connectivity index (χ3v) is 5.58. The van der Waals surface area contributed by atoms with Crippen LogP contribution in [0.5, 0.6) is 0 Å². The topological polar surface area (TPSA) is 53.4 Å². The molecule has 1 aliphatic rings. The fraction of sp³-hybridized carbons (Fsp3) is 0.412. The lowest BCUT2D eigenvalue weighted by atomic mass is 9.90. The van der Waals surface area contributed by atoms with E-state index in [-0.39, 0.29) is 5.92 Å². The molecule has 2 heterocycles. The van der Waals surface area contributed by atoms with Crippen LogP contribution in [-0.2, 0) is 11.3 Å². The number of nitrogens with zero attached hydrogens (tertiary/aromatic N) is 2. The van der Waals surface area contributed by atoms with E-state index in [2.05, 4.69) is 45.3 Å². The van der Waals surface area contributed by atoms with Crippen molar-refractivity contribution < 1.29 is 9.90 Å². The lowest BCUT2D eigenvalue weighted by molar-refractivity contribution is -0.144. The van der Waals surface area contributed by atoms with Crippen molar-refractivity contribution in [3.63, 3.8) is 0 Å². The summed E-state index contributed by atoms with van der Waals surface area (Å²) in [4.78, 5) is 18.2. The molecule has 4 nitrogen and oxygen atoms in total. The predicted octanol–water partition coefficient (Wildman–Crippen LogP) is 4.12. The summed E-state index contributed by atoms with van der Waals surface area (Å²) in [5, 5.41) is 12.4. The molecule has 2 aromatic rings. The lowest BCUT2D eigenvalue weighted by Gasteiger charge is -2.34. The third kappa shape index (κ3) is 4.19. The number of likely N-dealkylation sites (tertiary alicyclic amines) is 1. The Morgan fingerprint density at radius 2 is 2.13 bits per heavy atom. The molecular formula is C17H19BrN2O2S. The maximum absolute atomic E-state index is 11.3. The van der Waals surface area contributed by atoms with Crippen molar-refractivity contribution in [3.8, 4) is 10.6 Å². The van der Waals surface area contributed by atoms with E-state index in [1.54, 1.807) is 11.3 Å². The lowest BCUT2D eigenvalue weighted by Crippen LogP contribution is -2.42. The smallest absolute Gasteiger partial charge is 0.307 e. The summed E-state index contributed by atoms with van der Waals surface area (Å²) in [5.41, 5.74) is 2.13. The number of piperidine rings is 1. The normalized spacial score (nSPS) is 22.2.